The van der Waals surface area contributed by atoms with Crippen LogP contribution in [0.15, 0.2) is 0 Å². The number of halogens is 1. The van der Waals surface area contributed by atoms with Gasteiger partial charge in [-0.15, -0.1) is 12.4 Å². The summed E-state index contributed by atoms with van der Waals surface area (Å²) in [4.78, 5) is 0. The molecule has 0 amide bonds. The number of aliphatic hydroxyl groups is 1. The topological polar surface area (TPSA) is 32.3 Å². The second-order valence-corrected chi connectivity index (χ2v) is 3.16. The van der Waals surface area contributed by atoms with Crippen LogP contribution in [0.25, 0.3) is 0 Å². The van der Waals surface area contributed by atoms with Crippen LogP contribution < -0.4 is 5.32 Å². The monoisotopic (exact) mass is 163 g/mol. The van der Waals surface area contributed by atoms with Crippen LogP contribution in [0, 0.1) is 5.92 Å². The van der Waals surface area contributed by atoms with Crippen molar-refractivity contribution in [3.05, 3.63) is 0 Å². The predicted octanol–water partition coefficient (Wildman–Crippen LogP) is 0.541. The highest BCUT2D eigenvalue weighted by molar-refractivity contribution is 5.85. The molecule has 60 valence electrons. The maximum atomic E-state index is 9.36. The maximum Gasteiger partial charge on any atom is 0.0595 e. The molecule has 0 aromatic heterocycles. The second kappa shape index (κ2) is 3.07. The van der Waals surface area contributed by atoms with Crippen LogP contribution >= 0.6 is 12.4 Å². The standard InChI is InChI=1S/C7H13NO.ClH/c9-7-3-4-8-6-2-1-5(6)7;/h5-9H,1-4H2;1H. The SMILES string of the molecule is Cl.OC1CCNC2CCC12. The van der Waals surface area contributed by atoms with Gasteiger partial charge in [0.15, 0.2) is 0 Å². The molecule has 1 saturated carbocycles. The molecule has 1 aliphatic heterocycles. The normalized spacial score (nSPS) is 44.7. The average molecular weight is 164 g/mol. The minimum absolute atomic E-state index is 0. The molecule has 10 heavy (non-hydrogen) atoms. The molecule has 2 nitrogen and oxygen atoms in total. The third-order valence-corrected chi connectivity index (χ3v) is 2.67. The van der Waals surface area contributed by atoms with Crippen LogP contribution in [-0.2, 0) is 0 Å². The Labute approximate surface area is 67.4 Å². The van der Waals surface area contributed by atoms with Crippen molar-refractivity contribution in [2.75, 3.05) is 6.54 Å². The lowest BCUT2D eigenvalue weighted by molar-refractivity contribution is 0.00222. The van der Waals surface area contributed by atoms with Crippen molar-refractivity contribution in [3.63, 3.8) is 0 Å². The smallest absolute Gasteiger partial charge is 0.0595 e. The van der Waals surface area contributed by atoms with Gasteiger partial charge >= 0.3 is 0 Å². The number of piperidine rings is 1. The Morgan fingerprint density at radius 3 is 2.40 bits per heavy atom. The molecular weight excluding hydrogens is 150 g/mol. The number of nitrogens with one attached hydrogen (secondary N) is 1. The van der Waals surface area contributed by atoms with Crippen LogP contribution in [0.2, 0.25) is 0 Å². The van der Waals surface area contributed by atoms with E-state index in [9.17, 15) is 5.11 Å². The first kappa shape index (κ1) is 8.31. The fourth-order valence-corrected chi connectivity index (χ4v) is 1.87. The fraction of sp³-hybridized carbons (Fsp3) is 1.00. The van der Waals surface area contributed by atoms with E-state index < -0.39 is 0 Å². The molecule has 0 aromatic carbocycles. The zero-order valence-electron chi connectivity index (χ0n) is 5.92. The Balaban J connectivity index is 0.000000500. The third kappa shape index (κ3) is 1.16. The molecule has 2 aliphatic rings. The van der Waals surface area contributed by atoms with Gasteiger partial charge in [-0.25, -0.2) is 0 Å². The van der Waals surface area contributed by atoms with Gasteiger partial charge in [-0.1, -0.05) is 0 Å². The Morgan fingerprint density at radius 2 is 2.00 bits per heavy atom. The molecule has 1 saturated heterocycles. The molecule has 0 radical (unpaired) electrons. The quantitative estimate of drug-likeness (QED) is 0.547. The van der Waals surface area contributed by atoms with Gasteiger partial charge in [0.05, 0.1) is 6.10 Å². The second-order valence-electron chi connectivity index (χ2n) is 3.16. The first-order valence-electron chi connectivity index (χ1n) is 3.79. The summed E-state index contributed by atoms with van der Waals surface area (Å²) in [6, 6.07) is 0.661. The van der Waals surface area contributed by atoms with Crippen LogP contribution in [0.3, 0.4) is 0 Å². The van der Waals surface area contributed by atoms with Crippen LogP contribution in [-0.4, -0.2) is 23.8 Å². The number of fused-ring (bicyclic) bond motifs is 1. The lowest BCUT2D eigenvalue weighted by Gasteiger charge is -2.44. The van der Waals surface area contributed by atoms with Crippen molar-refractivity contribution in [1.29, 1.82) is 0 Å². The number of hydrogen-bond acceptors (Lipinski definition) is 2. The number of rotatable bonds is 0. The summed E-state index contributed by atoms with van der Waals surface area (Å²) >= 11 is 0. The third-order valence-electron chi connectivity index (χ3n) is 2.67. The van der Waals surface area contributed by atoms with Crippen molar-refractivity contribution in [2.45, 2.75) is 31.4 Å². The summed E-state index contributed by atoms with van der Waals surface area (Å²) in [6.45, 7) is 1.02. The van der Waals surface area contributed by atoms with E-state index in [2.05, 4.69) is 5.32 Å². The van der Waals surface area contributed by atoms with Crippen molar-refractivity contribution < 1.29 is 5.11 Å². The van der Waals surface area contributed by atoms with Crippen LogP contribution in [0.5, 0.6) is 0 Å². The summed E-state index contributed by atoms with van der Waals surface area (Å²) in [7, 11) is 0. The minimum Gasteiger partial charge on any atom is -0.393 e. The van der Waals surface area contributed by atoms with E-state index in [0.29, 0.717) is 12.0 Å². The summed E-state index contributed by atoms with van der Waals surface area (Å²) in [5, 5.41) is 12.7. The van der Waals surface area contributed by atoms with Gasteiger partial charge in [0.1, 0.15) is 0 Å². The van der Waals surface area contributed by atoms with E-state index in [4.69, 9.17) is 0 Å². The summed E-state index contributed by atoms with van der Waals surface area (Å²) in [5.41, 5.74) is 0. The van der Waals surface area contributed by atoms with Gasteiger partial charge in [-0.2, -0.15) is 0 Å². The molecule has 0 spiro atoms. The largest absolute Gasteiger partial charge is 0.393 e. The van der Waals surface area contributed by atoms with Gasteiger partial charge in [-0.05, 0) is 25.8 Å². The van der Waals surface area contributed by atoms with Gasteiger partial charge < -0.3 is 10.4 Å². The van der Waals surface area contributed by atoms with Gasteiger partial charge in [-0.3, -0.25) is 0 Å². The van der Waals surface area contributed by atoms with Crippen molar-refractivity contribution in [2.24, 2.45) is 5.92 Å². The molecule has 3 atom stereocenters. The minimum atomic E-state index is 0. The number of aliphatic hydroxyl groups excluding tert-OH is 1. The van der Waals surface area contributed by atoms with Gasteiger partial charge in [0, 0.05) is 12.0 Å². The van der Waals surface area contributed by atoms with E-state index in [1.165, 1.54) is 12.8 Å². The van der Waals surface area contributed by atoms with Gasteiger partial charge in [0.2, 0.25) is 0 Å². The van der Waals surface area contributed by atoms with E-state index in [0.717, 1.165) is 13.0 Å². The van der Waals surface area contributed by atoms with E-state index in [-0.39, 0.29) is 18.5 Å². The average Bonchev–Trinajstić information content (AvgIpc) is 1.74. The molecule has 2 N–H and O–H groups in total. The molecule has 3 unspecified atom stereocenters. The van der Waals surface area contributed by atoms with Crippen LogP contribution in [0.1, 0.15) is 19.3 Å². The summed E-state index contributed by atoms with van der Waals surface area (Å²) in [5.74, 6) is 0.596. The van der Waals surface area contributed by atoms with Crippen LogP contribution in [0.4, 0.5) is 0 Å². The van der Waals surface area contributed by atoms with E-state index >= 15 is 0 Å². The highest BCUT2D eigenvalue weighted by Gasteiger charge is 2.38. The first-order chi connectivity index (χ1) is 4.38. The Kier molecular flexibility index (Phi) is 2.55. The highest BCUT2D eigenvalue weighted by atomic mass is 35.5. The molecule has 1 aliphatic carbocycles. The molecule has 2 rings (SSSR count). The lowest BCUT2D eigenvalue weighted by atomic mass is 9.73. The Bertz CT molecular complexity index is 114. The number of hydrogen-bond donors (Lipinski definition) is 2. The Morgan fingerprint density at radius 1 is 1.20 bits per heavy atom. The van der Waals surface area contributed by atoms with E-state index in [1.807, 2.05) is 0 Å². The molecule has 3 heteroatoms. The van der Waals surface area contributed by atoms with Crippen molar-refractivity contribution in [1.82, 2.24) is 5.32 Å². The van der Waals surface area contributed by atoms with E-state index in [1.54, 1.807) is 0 Å². The molecule has 1 heterocycles. The zero-order valence-corrected chi connectivity index (χ0v) is 6.73. The fourth-order valence-electron chi connectivity index (χ4n) is 1.87. The first-order valence-corrected chi connectivity index (χ1v) is 3.79. The lowest BCUT2D eigenvalue weighted by Crippen LogP contribution is -2.54. The maximum absolute atomic E-state index is 9.36. The Hall–Kier alpha value is 0.210. The molecular formula is C7H14ClNO. The molecule has 0 bridgehead atoms. The summed E-state index contributed by atoms with van der Waals surface area (Å²) < 4.78 is 0. The molecule has 0 aromatic rings. The molecule has 2 fully saturated rings. The highest BCUT2D eigenvalue weighted by Crippen LogP contribution is 2.33. The van der Waals surface area contributed by atoms with Crippen molar-refractivity contribution in [3.8, 4) is 0 Å². The summed E-state index contributed by atoms with van der Waals surface area (Å²) in [6.07, 6.45) is 3.48. The predicted molar refractivity (Wildman–Crippen MR) is 42.4 cm³/mol. The van der Waals surface area contributed by atoms with Gasteiger partial charge in [0.25, 0.3) is 0 Å². The zero-order chi connectivity index (χ0) is 6.27. The van der Waals surface area contributed by atoms with Crippen molar-refractivity contribution >= 4 is 12.4 Å².